The molecule has 0 aliphatic heterocycles. The van der Waals surface area contributed by atoms with E-state index in [2.05, 4.69) is 10.3 Å². The highest BCUT2D eigenvalue weighted by Gasteiger charge is 2.16. The predicted molar refractivity (Wildman–Crippen MR) is 105 cm³/mol. The van der Waals surface area contributed by atoms with Crippen LogP contribution in [0.5, 0.6) is 5.75 Å². The number of hydrogen-bond acceptors (Lipinski definition) is 5. The van der Waals surface area contributed by atoms with Crippen molar-refractivity contribution in [2.24, 2.45) is 0 Å². The first-order valence-electron chi connectivity index (χ1n) is 8.77. The fraction of sp³-hybridized carbons (Fsp3) is 0.143. The molecule has 1 amide bonds. The molecule has 2 heterocycles. The van der Waals surface area contributed by atoms with Crippen molar-refractivity contribution >= 4 is 39.4 Å². The van der Waals surface area contributed by atoms with Gasteiger partial charge >= 0.3 is 5.97 Å². The smallest absolute Gasteiger partial charge is 0.354 e. The molecule has 0 spiro atoms. The number of methoxy groups -OCH3 is 1. The van der Waals surface area contributed by atoms with Gasteiger partial charge in [0.1, 0.15) is 17.0 Å². The standard InChI is InChI=1S/C21H18N2O5/c1-3-27-21(25)16-10-12-9-13(7-8-15(12)23-16)22-20(24)19-11-14-17(26-2)5-4-6-18(14)28-19/h4-11,23H,3H2,1-2H3,(H,22,24). The van der Waals surface area contributed by atoms with Gasteiger partial charge in [0.2, 0.25) is 0 Å². The van der Waals surface area contributed by atoms with Gasteiger partial charge < -0.3 is 24.2 Å². The summed E-state index contributed by atoms with van der Waals surface area (Å²) < 4.78 is 15.9. The van der Waals surface area contributed by atoms with Crippen LogP contribution >= 0.6 is 0 Å². The number of H-pyrrole nitrogens is 1. The molecule has 0 saturated heterocycles. The summed E-state index contributed by atoms with van der Waals surface area (Å²) in [5.74, 6) is 0.0284. The number of aromatic nitrogens is 1. The Labute approximate surface area is 160 Å². The van der Waals surface area contributed by atoms with Crippen molar-refractivity contribution in [2.45, 2.75) is 6.92 Å². The molecule has 2 aromatic carbocycles. The summed E-state index contributed by atoms with van der Waals surface area (Å²) >= 11 is 0. The van der Waals surface area contributed by atoms with Crippen molar-refractivity contribution in [2.75, 3.05) is 19.0 Å². The first-order valence-corrected chi connectivity index (χ1v) is 8.77. The van der Waals surface area contributed by atoms with Crippen LogP contribution in [-0.4, -0.2) is 30.6 Å². The molecule has 4 aromatic rings. The number of rotatable bonds is 5. The van der Waals surface area contributed by atoms with E-state index in [1.165, 1.54) is 0 Å². The van der Waals surface area contributed by atoms with E-state index in [1.807, 2.05) is 0 Å². The summed E-state index contributed by atoms with van der Waals surface area (Å²) in [5, 5.41) is 4.33. The Morgan fingerprint density at radius 3 is 2.79 bits per heavy atom. The van der Waals surface area contributed by atoms with Gasteiger partial charge in [-0.25, -0.2) is 4.79 Å². The van der Waals surface area contributed by atoms with E-state index in [1.54, 1.807) is 62.6 Å². The van der Waals surface area contributed by atoms with Gasteiger partial charge in [0.05, 0.1) is 19.1 Å². The van der Waals surface area contributed by atoms with Gasteiger partial charge in [0.15, 0.2) is 5.76 Å². The van der Waals surface area contributed by atoms with Crippen molar-refractivity contribution in [3.8, 4) is 5.75 Å². The fourth-order valence-corrected chi connectivity index (χ4v) is 3.05. The van der Waals surface area contributed by atoms with Crippen LogP contribution in [0.25, 0.3) is 21.9 Å². The van der Waals surface area contributed by atoms with Gasteiger partial charge in [-0.05, 0) is 43.3 Å². The molecule has 7 nitrogen and oxygen atoms in total. The second-order valence-electron chi connectivity index (χ2n) is 6.14. The highest BCUT2D eigenvalue weighted by atomic mass is 16.5. The molecule has 0 saturated carbocycles. The van der Waals surface area contributed by atoms with Crippen molar-refractivity contribution in [3.63, 3.8) is 0 Å². The van der Waals surface area contributed by atoms with Crippen molar-refractivity contribution in [3.05, 3.63) is 60.0 Å². The summed E-state index contributed by atoms with van der Waals surface area (Å²) in [4.78, 5) is 27.4. The molecule has 2 aromatic heterocycles. The maximum Gasteiger partial charge on any atom is 0.354 e. The highest BCUT2D eigenvalue weighted by molar-refractivity contribution is 6.06. The van der Waals surface area contributed by atoms with E-state index >= 15 is 0 Å². The molecular formula is C21H18N2O5. The Bertz CT molecular complexity index is 1190. The van der Waals surface area contributed by atoms with Gasteiger partial charge in [-0.1, -0.05) is 6.07 Å². The summed E-state index contributed by atoms with van der Waals surface area (Å²) in [6.07, 6.45) is 0. The summed E-state index contributed by atoms with van der Waals surface area (Å²) in [6, 6.07) is 14.0. The molecule has 2 N–H and O–H groups in total. The highest BCUT2D eigenvalue weighted by Crippen LogP contribution is 2.29. The molecule has 0 bridgehead atoms. The maximum atomic E-state index is 12.6. The average molecular weight is 378 g/mol. The maximum absolute atomic E-state index is 12.6. The lowest BCUT2D eigenvalue weighted by atomic mass is 10.2. The molecular weight excluding hydrogens is 360 g/mol. The molecule has 0 aliphatic carbocycles. The third kappa shape index (κ3) is 3.18. The lowest BCUT2D eigenvalue weighted by Crippen LogP contribution is -2.10. The minimum absolute atomic E-state index is 0.181. The Morgan fingerprint density at radius 1 is 1.14 bits per heavy atom. The summed E-state index contributed by atoms with van der Waals surface area (Å²) in [5.41, 5.74) is 2.29. The number of fused-ring (bicyclic) bond motifs is 2. The zero-order chi connectivity index (χ0) is 19.7. The first-order chi connectivity index (χ1) is 13.6. The van der Waals surface area contributed by atoms with Crippen LogP contribution in [0, 0.1) is 0 Å². The van der Waals surface area contributed by atoms with E-state index in [9.17, 15) is 9.59 Å². The predicted octanol–water partition coefficient (Wildman–Crippen LogP) is 4.35. The second kappa shape index (κ2) is 7.11. The molecule has 0 atom stereocenters. The number of esters is 1. The van der Waals surface area contributed by atoms with Crippen LogP contribution in [0.15, 0.2) is 52.9 Å². The lowest BCUT2D eigenvalue weighted by Gasteiger charge is -2.03. The molecule has 7 heteroatoms. The van der Waals surface area contributed by atoms with Crippen LogP contribution in [-0.2, 0) is 4.74 Å². The fourth-order valence-electron chi connectivity index (χ4n) is 3.05. The van der Waals surface area contributed by atoms with Crippen LogP contribution in [0.3, 0.4) is 0 Å². The Kier molecular flexibility index (Phi) is 4.49. The van der Waals surface area contributed by atoms with Gasteiger partial charge in [-0.2, -0.15) is 0 Å². The molecule has 0 aliphatic rings. The molecule has 142 valence electrons. The zero-order valence-electron chi connectivity index (χ0n) is 15.4. The van der Waals surface area contributed by atoms with E-state index in [0.717, 1.165) is 16.3 Å². The quantitative estimate of drug-likeness (QED) is 0.504. The number of hydrogen-bond donors (Lipinski definition) is 2. The third-order valence-electron chi connectivity index (χ3n) is 4.34. The van der Waals surface area contributed by atoms with Crippen molar-refractivity contribution < 1.29 is 23.5 Å². The number of benzene rings is 2. The number of ether oxygens (including phenoxy) is 2. The zero-order valence-corrected chi connectivity index (χ0v) is 15.4. The Balaban J connectivity index is 1.59. The molecule has 0 unspecified atom stereocenters. The Morgan fingerprint density at radius 2 is 2.00 bits per heavy atom. The first kappa shape index (κ1) is 17.7. The van der Waals surface area contributed by atoms with Crippen LogP contribution in [0.2, 0.25) is 0 Å². The number of aromatic amines is 1. The van der Waals surface area contributed by atoms with E-state index < -0.39 is 5.97 Å². The normalized spacial score (nSPS) is 10.9. The third-order valence-corrected chi connectivity index (χ3v) is 4.34. The van der Waals surface area contributed by atoms with Crippen molar-refractivity contribution in [1.82, 2.24) is 4.98 Å². The van der Waals surface area contributed by atoms with Gasteiger partial charge in [0.25, 0.3) is 5.91 Å². The average Bonchev–Trinajstić information content (AvgIpc) is 3.31. The lowest BCUT2D eigenvalue weighted by molar-refractivity contribution is 0.0520. The van der Waals surface area contributed by atoms with Crippen molar-refractivity contribution in [1.29, 1.82) is 0 Å². The summed E-state index contributed by atoms with van der Waals surface area (Å²) in [6.45, 7) is 2.06. The number of amides is 1. The summed E-state index contributed by atoms with van der Waals surface area (Å²) in [7, 11) is 1.57. The van der Waals surface area contributed by atoms with Crippen LogP contribution in [0.1, 0.15) is 28.0 Å². The minimum atomic E-state index is -0.416. The second-order valence-corrected chi connectivity index (χ2v) is 6.14. The Hall–Kier alpha value is -3.74. The number of carbonyl (C=O) groups is 2. The number of nitrogens with one attached hydrogen (secondary N) is 2. The topological polar surface area (TPSA) is 93.6 Å². The molecule has 0 fully saturated rings. The SMILES string of the molecule is CCOC(=O)c1cc2cc(NC(=O)c3cc4c(OC)cccc4o3)ccc2[nH]1. The van der Waals surface area contributed by atoms with E-state index in [0.29, 0.717) is 29.3 Å². The van der Waals surface area contributed by atoms with Crippen LogP contribution < -0.4 is 10.1 Å². The number of furan rings is 1. The number of carbonyl (C=O) groups excluding carboxylic acids is 2. The van der Waals surface area contributed by atoms with E-state index in [-0.39, 0.29) is 11.7 Å². The number of anilines is 1. The largest absolute Gasteiger partial charge is 0.496 e. The van der Waals surface area contributed by atoms with Gasteiger partial charge in [0, 0.05) is 22.7 Å². The molecule has 28 heavy (non-hydrogen) atoms. The minimum Gasteiger partial charge on any atom is -0.496 e. The molecule has 4 rings (SSSR count). The van der Waals surface area contributed by atoms with Gasteiger partial charge in [-0.3, -0.25) is 4.79 Å². The molecule has 0 radical (unpaired) electrons. The van der Waals surface area contributed by atoms with Crippen LogP contribution in [0.4, 0.5) is 5.69 Å². The van der Waals surface area contributed by atoms with Gasteiger partial charge in [-0.15, -0.1) is 0 Å². The van der Waals surface area contributed by atoms with E-state index in [4.69, 9.17) is 13.9 Å². The monoisotopic (exact) mass is 378 g/mol.